The summed E-state index contributed by atoms with van der Waals surface area (Å²) in [7, 11) is 3.43. The molecule has 2 saturated heterocycles. The number of amides is 3. The zero-order valence-corrected chi connectivity index (χ0v) is 23.3. The monoisotopic (exact) mass is 538 g/mol. The van der Waals surface area contributed by atoms with E-state index >= 15 is 0 Å². The number of carbonyl (C=O) groups excluding carboxylic acids is 2. The number of hydrogen-bond acceptors (Lipinski definition) is 9. The maximum Gasteiger partial charge on any atom is 0.410 e. The van der Waals surface area contributed by atoms with Gasteiger partial charge >= 0.3 is 12.1 Å². The fraction of sp³-hybridized carbons (Fsp3) is 0.615. The van der Waals surface area contributed by atoms with Crippen LogP contribution in [0.25, 0.3) is 0 Å². The van der Waals surface area contributed by atoms with Crippen LogP contribution in [0.15, 0.2) is 18.6 Å². The molecule has 2 aliphatic heterocycles. The quantitative estimate of drug-likeness (QED) is 0.586. The molecule has 13 nitrogen and oxygen atoms in total. The van der Waals surface area contributed by atoms with Crippen molar-refractivity contribution >= 4 is 29.4 Å². The van der Waals surface area contributed by atoms with Crippen LogP contribution in [0.5, 0.6) is 0 Å². The SMILES string of the molecule is CN(C)C(=O)N[C@@H]1CCCN(c2cnc(C#N)c(Nc3cnn(C4CCN(C(=O)OC(C)(C)C)CC4)c3)n2)C1. The lowest BCUT2D eigenvalue weighted by atomic mass is 10.1. The number of likely N-dealkylation sites (tertiary alicyclic amines) is 1. The molecule has 0 saturated carbocycles. The van der Waals surface area contributed by atoms with Crippen molar-refractivity contribution in [3.8, 4) is 6.07 Å². The number of piperidine rings is 2. The van der Waals surface area contributed by atoms with Crippen molar-refractivity contribution in [1.82, 2.24) is 34.9 Å². The summed E-state index contributed by atoms with van der Waals surface area (Å²) in [5, 5.41) is 20.4. The molecule has 210 valence electrons. The second-order valence-corrected chi connectivity index (χ2v) is 11.2. The Hall–Kier alpha value is -4.08. The molecule has 4 rings (SSSR count). The van der Waals surface area contributed by atoms with Gasteiger partial charge in [0.05, 0.1) is 24.1 Å². The van der Waals surface area contributed by atoms with Crippen LogP contribution < -0.4 is 15.5 Å². The average Bonchev–Trinajstić information content (AvgIpc) is 3.36. The summed E-state index contributed by atoms with van der Waals surface area (Å²) in [4.78, 5) is 38.8. The third-order valence-electron chi connectivity index (χ3n) is 6.70. The van der Waals surface area contributed by atoms with Crippen LogP contribution >= 0.6 is 0 Å². The largest absolute Gasteiger partial charge is 0.444 e. The highest BCUT2D eigenvalue weighted by Crippen LogP contribution is 2.27. The second kappa shape index (κ2) is 11.8. The highest BCUT2D eigenvalue weighted by molar-refractivity contribution is 5.74. The van der Waals surface area contributed by atoms with Crippen LogP contribution in [0.4, 0.5) is 26.9 Å². The first-order valence-corrected chi connectivity index (χ1v) is 13.3. The van der Waals surface area contributed by atoms with Crippen LogP contribution in [0.2, 0.25) is 0 Å². The topological polar surface area (TPSA) is 145 Å². The lowest BCUT2D eigenvalue weighted by molar-refractivity contribution is 0.0184. The number of nitriles is 1. The molecule has 2 N–H and O–H groups in total. The summed E-state index contributed by atoms with van der Waals surface area (Å²) in [6.07, 6.45) is 8.22. The zero-order chi connectivity index (χ0) is 28.2. The summed E-state index contributed by atoms with van der Waals surface area (Å²) >= 11 is 0. The summed E-state index contributed by atoms with van der Waals surface area (Å²) in [6.45, 7) is 8.18. The fourth-order valence-corrected chi connectivity index (χ4v) is 4.69. The van der Waals surface area contributed by atoms with E-state index < -0.39 is 5.60 Å². The number of hydrogen-bond donors (Lipinski definition) is 2. The van der Waals surface area contributed by atoms with Gasteiger partial charge in [-0.2, -0.15) is 10.4 Å². The standard InChI is InChI=1S/C26H38N10O3/c1-26(2,3)39-25(38)34-11-8-20(9-12-34)36-17-19(14-29-36)30-23-21(13-27)28-15-22(32-23)35-10-6-7-18(16-35)31-24(37)33(4)5/h14-15,17-18,20H,6-12,16H2,1-5H3,(H,30,32)(H,31,37)/t18-/m1/s1. The number of aromatic nitrogens is 4. The van der Waals surface area contributed by atoms with E-state index in [-0.39, 0.29) is 29.9 Å². The summed E-state index contributed by atoms with van der Waals surface area (Å²) < 4.78 is 7.38. The van der Waals surface area contributed by atoms with Crippen molar-refractivity contribution in [2.24, 2.45) is 0 Å². The average molecular weight is 539 g/mol. The first-order valence-electron chi connectivity index (χ1n) is 13.3. The predicted molar refractivity (Wildman–Crippen MR) is 146 cm³/mol. The minimum Gasteiger partial charge on any atom is -0.444 e. The van der Waals surface area contributed by atoms with E-state index in [0.717, 1.165) is 32.2 Å². The Labute approximate surface area is 229 Å². The van der Waals surface area contributed by atoms with Crippen LogP contribution in [-0.2, 0) is 4.74 Å². The molecule has 0 aromatic carbocycles. The third-order valence-corrected chi connectivity index (χ3v) is 6.70. The Kier molecular flexibility index (Phi) is 8.42. The lowest BCUT2D eigenvalue weighted by Crippen LogP contribution is -2.50. The molecule has 0 radical (unpaired) electrons. The van der Waals surface area contributed by atoms with Gasteiger partial charge in [-0.15, -0.1) is 0 Å². The van der Waals surface area contributed by atoms with Gasteiger partial charge in [0.25, 0.3) is 0 Å². The maximum absolute atomic E-state index is 12.4. The van der Waals surface area contributed by atoms with E-state index in [2.05, 4.69) is 31.7 Å². The Bertz CT molecular complexity index is 1210. The Morgan fingerprint density at radius 1 is 1.15 bits per heavy atom. The Morgan fingerprint density at radius 2 is 1.90 bits per heavy atom. The van der Waals surface area contributed by atoms with Gasteiger partial charge < -0.3 is 30.1 Å². The van der Waals surface area contributed by atoms with Crippen molar-refractivity contribution in [3.05, 3.63) is 24.3 Å². The van der Waals surface area contributed by atoms with E-state index in [9.17, 15) is 14.9 Å². The lowest BCUT2D eigenvalue weighted by Gasteiger charge is -2.34. The van der Waals surface area contributed by atoms with Crippen molar-refractivity contribution in [3.63, 3.8) is 0 Å². The number of nitrogens with one attached hydrogen (secondary N) is 2. The molecule has 2 aromatic heterocycles. The molecule has 1 atom stereocenters. The van der Waals surface area contributed by atoms with E-state index in [1.54, 1.807) is 31.4 Å². The molecular weight excluding hydrogens is 500 g/mol. The molecule has 2 aliphatic rings. The van der Waals surface area contributed by atoms with E-state index in [0.29, 0.717) is 37.0 Å². The minimum atomic E-state index is -0.517. The number of urea groups is 1. The molecule has 0 unspecified atom stereocenters. The highest BCUT2D eigenvalue weighted by atomic mass is 16.6. The molecule has 0 spiro atoms. The molecule has 39 heavy (non-hydrogen) atoms. The molecule has 3 amide bonds. The summed E-state index contributed by atoms with van der Waals surface area (Å²) in [6, 6.07) is 2.13. The predicted octanol–water partition coefficient (Wildman–Crippen LogP) is 3.10. The van der Waals surface area contributed by atoms with Gasteiger partial charge in [-0.3, -0.25) is 4.68 Å². The fourth-order valence-electron chi connectivity index (χ4n) is 4.69. The number of carbonyl (C=O) groups is 2. The first kappa shape index (κ1) is 27.9. The minimum absolute atomic E-state index is 0.00229. The van der Waals surface area contributed by atoms with Gasteiger partial charge in [-0.05, 0) is 46.5 Å². The van der Waals surface area contributed by atoms with E-state index in [1.165, 1.54) is 4.90 Å². The molecule has 4 heterocycles. The molecule has 0 aliphatic carbocycles. The maximum atomic E-state index is 12.4. The van der Waals surface area contributed by atoms with Crippen LogP contribution in [-0.4, -0.2) is 93.6 Å². The number of nitrogens with zero attached hydrogens (tertiary/aromatic N) is 8. The van der Waals surface area contributed by atoms with Crippen LogP contribution in [0.1, 0.15) is 58.2 Å². The highest BCUT2D eigenvalue weighted by Gasteiger charge is 2.28. The van der Waals surface area contributed by atoms with E-state index in [4.69, 9.17) is 9.72 Å². The number of ether oxygens (including phenoxy) is 1. The Morgan fingerprint density at radius 3 is 2.56 bits per heavy atom. The van der Waals surface area contributed by atoms with E-state index in [1.807, 2.05) is 31.6 Å². The summed E-state index contributed by atoms with van der Waals surface area (Å²) in [5.74, 6) is 0.996. The molecular formula is C26H38N10O3. The van der Waals surface area contributed by atoms with Gasteiger partial charge in [0.2, 0.25) is 0 Å². The van der Waals surface area contributed by atoms with Gasteiger partial charge in [0.1, 0.15) is 17.5 Å². The normalized spacial score (nSPS) is 18.3. The van der Waals surface area contributed by atoms with Crippen molar-refractivity contribution in [2.75, 3.05) is 50.5 Å². The molecule has 13 heteroatoms. The smallest absolute Gasteiger partial charge is 0.410 e. The van der Waals surface area contributed by atoms with Crippen molar-refractivity contribution < 1.29 is 14.3 Å². The van der Waals surface area contributed by atoms with Gasteiger partial charge in [0.15, 0.2) is 11.5 Å². The van der Waals surface area contributed by atoms with Crippen molar-refractivity contribution in [2.45, 2.75) is 64.1 Å². The zero-order valence-electron chi connectivity index (χ0n) is 23.3. The van der Waals surface area contributed by atoms with Crippen LogP contribution in [0, 0.1) is 11.3 Å². The van der Waals surface area contributed by atoms with Gasteiger partial charge in [-0.25, -0.2) is 19.6 Å². The molecule has 0 bridgehead atoms. The van der Waals surface area contributed by atoms with Gasteiger partial charge in [0, 0.05) is 52.5 Å². The Balaban J connectivity index is 1.39. The van der Waals surface area contributed by atoms with Gasteiger partial charge in [-0.1, -0.05) is 0 Å². The second-order valence-electron chi connectivity index (χ2n) is 11.2. The molecule has 2 fully saturated rings. The van der Waals surface area contributed by atoms with Crippen LogP contribution in [0.3, 0.4) is 0 Å². The van der Waals surface area contributed by atoms with Crippen molar-refractivity contribution in [1.29, 1.82) is 5.26 Å². The number of rotatable bonds is 5. The molecule has 2 aromatic rings. The summed E-state index contributed by atoms with van der Waals surface area (Å²) in [5.41, 5.74) is 0.366. The first-order chi connectivity index (χ1) is 18.5. The number of anilines is 3. The third kappa shape index (κ3) is 7.28.